The highest BCUT2D eigenvalue weighted by atomic mass is 32.1. The van der Waals surface area contributed by atoms with Crippen LogP contribution in [0.1, 0.15) is 55.5 Å². The van der Waals surface area contributed by atoms with Crippen molar-refractivity contribution in [3.63, 3.8) is 0 Å². The SMILES string of the molecule is COC(=O)CN(C(=O)[C@H]1Cc2ccccc2N1C(=O)OC1CCCCC1)C(C)c1cccs1. The van der Waals surface area contributed by atoms with E-state index in [-0.39, 0.29) is 24.6 Å². The number of hydrogen-bond donors (Lipinski definition) is 0. The van der Waals surface area contributed by atoms with Crippen LogP contribution in [-0.4, -0.2) is 48.7 Å². The minimum atomic E-state index is -0.773. The molecular weight excluding hydrogens is 440 g/mol. The largest absolute Gasteiger partial charge is 0.468 e. The Morgan fingerprint density at radius 3 is 2.58 bits per heavy atom. The molecule has 0 saturated heterocycles. The number of nitrogens with zero attached hydrogens (tertiary/aromatic N) is 2. The third-order valence-electron chi connectivity index (χ3n) is 6.51. The lowest BCUT2D eigenvalue weighted by molar-refractivity contribution is -0.149. The summed E-state index contributed by atoms with van der Waals surface area (Å²) in [6, 6.07) is 10.3. The molecule has 7 nitrogen and oxygen atoms in total. The summed E-state index contributed by atoms with van der Waals surface area (Å²) in [4.78, 5) is 43.4. The van der Waals surface area contributed by atoms with E-state index in [9.17, 15) is 14.4 Å². The van der Waals surface area contributed by atoms with Crippen molar-refractivity contribution < 1.29 is 23.9 Å². The Morgan fingerprint density at radius 1 is 1.12 bits per heavy atom. The number of rotatable bonds is 6. The van der Waals surface area contributed by atoms with Crippen molar-refractivity contribution in [2.75, 3.05) is 18.6 Å². The van der Waals surface area contributed by atoms with E-state index < -0.39 is 18.1 Å². The first-order valence-corrected chi connectivity index (χ1v) is 12.4. The number of thiophene rings is 1. The van der Waals surface area contributed by atoms with Crippen molar-refractivity contribution in [2.24, 2.45) is 0 Å². The van der Waals surface area contributed by atoms with Crippen LogP contribution >= 0.6 is 11.3 Å². The molecule has 33 heavy (non-hydrogen) atoms. The van der Waals surface area contributed by atoms with Gasteiger partial charge in [-0.05, 0) is 55.7 Å². The molecule has 2 amide bonds. The molecule has 1 aromatic heterocycles. The Kier molecular flexibility index (Phi) is 7.33. The Balaban J connectivity index is 1.62. The molecule has 2 heterocycles. The Morgan fingerprint density at radius 2 is 1.88 bits per heavy atom. The Labute approximate surface area is 198 Å². The van der Waals surface area contributed by atoms with Crippen LogP contribution in [0.15, 0.2) is 41.8 Å². The zero-order valence-electron chi connectivity index (χ0n) is 19.1. The fraction of sp³-hybridized carbons (Fsp3) is 0.480. The van der Waals surface area contributed by atoms with Crippen LogP contribution < -0.4 is 4.90 Å². The molecule has 1 fully saturated rings. The number of fused-ring (bicyclic) bond motifs is 1. The van der Waals surface area contributed by atoms with E-state index in [0.29, 0.717) is 12.1 Å². The van der Waals surface area contributed by atoms with Crippen molar-refractivity contribution in [3.8, 4) is 0 Å². The van der Waals surface area contributed by atoms with Gasteiger partial charge in [-0.3, -0.25) is 14.5 Å². The predicted molar refractivity (Wildman–Crippen MR) is 126 cm³/mol. The fourth-order valence-corrected chi connectivity index (χ4v) is 5.47. The maximum atomic E-state index is 13.9. The average molecular weight is 471 g/mol. The first-order chi connectivity index (χ1) is 16.0. The lowest BCUT2D eigenvalue weighted by Gasteiger charge is -2.34. The second-order valence-electron chi connectivity index (χ2n) is 8.60. The van der Waals surface area contributed by atoms with Crippen LogP contribution in [0.25, 0.3) is 0 Å². The van der Waals surface area contributed by atoms with Crippen molar-refractivity contribution >= 4 is 35.0 Å². The molecule has 0 N–H and O–H groups in total. The lowest BCUT2D eigenvalue weighted by atomic mass is 9.98. The molecular formula is C25H30N2O5S. The van der Waals surface area contributed by atoms with Gasteiger partial charge in [0, 0.05) is 11.3 Å². The van der Waals surface area contributed by atoms with Crippen LogP contribution in [0.5, 0.6) is 0 Å². The molecule has 1 aliphatic heterocycles. The van der Waals surface area contributed by atoms with E-state index in [0.717, 1.165) is 42.5 Å². The lowest BCUT2D eigenvalue weighted by Crippen LogP contribution is -2.52. The molecule has 2 atom stereocenters. The summed E-state index contributed by atoms with van der Waals surface area (Å²) in [5.41, 5.74) is 1.61. The summed E-state index contributed by atoms with van der Waals surface area (Å²) in [6.07, 6.45) is 4.71. The number of benzene rings is 1. The highest BCUT2D eigenvalue weighted by Crippen LogP contribution is 2.36. The number of esters is 1. The van der Waals surface area contributed by atoms with Crippen LogP contribution in [0.2, 0.25) is 0 Å². The molecule has 2 aliphatic rings. The molecule has 2 aromatic rings. The summed E-state index contributed by atoms with van der Waals surface area (Å²) in [5, 5.41) is 1.94. The quantitative estimate of drug-likeness (QED) is 0.572. The van der Waals surface area contributed by atoms with E-state index in [1.165, 1.54) is 28.2 Å². The summed E-state index contributed by atoms with van der Waals surface area (Å²) in [7, 11) is 1.31. The highest BCUT2D eigenvalue weighted by Gasteiger charge is 2.43. The molecule has 0 radical (unpaired) electrons. The molecule has 4 rings (SSSR count). The van der Waals surface area contributed by atoms with Gasteiger partial charge in [-0.15, -0.1) is 11.3 Å². The van der Waals surface area contributed by atoms with Gasteiger partial charge >= 0.3 is 12.1 Å². The molecule has 8 heteroatoms. The smallest absolute Gasteiger partial charge is 0.415 e. The average Bonchev–Trinajstić information content (AvgIpc) is 3.50. The monoisotopic (exact) mass is 470 g/mol. The topological polar surface area (TPSA) is 76.2 Å². The number of hydrogen-bond acceptors (Lipinski definition) is 6. The molecule has 1 aromatic carbocycles. The third kappa shape index (κ3) is 5.05. The van der Waals surface area contributed by atoms with Crippen molar-refractivity contribution in [2.45, 2.75) is 63.6 Å². The number of methoxy groups -OCH3 is 1. The maximum absolute atomic E-state index is 13.9. The first kappa shape index (κ1) is 23.3. The predicted octanol–water partition coefficient (Wildman–Crippen LogP) is 4.71. The van der Waals surface area contributed by atoms with E-state index in [1.807, 2.05) is 48.7 Å². The summed E-state index contributed by atoms with van der Waals surface area (Å²) in [5.74, 6) is -0.795. The number of anilines is 1. The van der Waals surface area contributed by atoms with E-state index >= 15 is 0 Å². The van der Waals surface area contributed by atoms with Crippen LogP contribution in [0.4, 0.5) is 10.5 Å². The van der Waals surface area contributed by atoms with Gasteiger partial charge in [0.15, 0.2) is 0 Å². The van der Waals surface area contributed by atoms with Crippen LogP contribution in [0, 0.1) is 0 Å². The van der Waals surface area contributed by atoms with Gasteiger partial charge < -0.3 is 14.4 Å². The summed E-state index contributed by atoms with van der Waals surface area (Å²) in [6.45, 7) is 1.70. The Bertz CT molecular complexity index is 986. The van der Waals surface area contributed by atoms with Gasteiger partial charge in [0.05, 0.1) is 18.8 Å². The number of para-hydroxylation sites is 1. The normalized spacial score (nSPS) is 19.0. The number of amides is 2. The second kappa shape index (κ2) is 10.4. The van der Waals surface area contributed by atoms with Crippen molar-refractivity contribution in [1.29, 1.82) is 0 Å². The third-order valence-corrected chi connectivity index (χ3v) is 7.55. The van der Waals surface area contributed by atoms with Gasteiger partial charge in [0.2, 0.25) is 5.91 Å². The molecule has 1 unspecified atom stereocenters. The zero-order valence-corrected chi connectivity index (χ0v) is 19.9. The molecule has 1 saturated carbocycles. The van der Waals surface area contributed by atoms with Crippen molar-refractivity contribution in [1.82, 2.24) is 4.90 Å². The molecule has 176 valence electrons. The standard InChI is InChI=1S/C25H30N2O5S/c1-17(22-13-8-14-33-22)26(16-23(28)31-2)24(29)21-15-18-9-6-7-12-20(18)27(21)25(30)32-19-10-4-3-5-11-19/h6-9,12-14,17,19,21H,3-5,10-11,15-16H2,1-2H3/t17?,21-/m1/s1. The highest BCUT2D eigenvalue weighted by molar-refractivity contribution is 7.10. The minimum Gasteiger partial charge on any atom is -0.468 e. The second-order valence-corrected chi connectivity index (χ2v) is 9.58. The van der Waals surface area contributed by atoms with Gasteiger partial charge in [-0.25, -0.2) is 4.79 Å². The minimum absolute atomic E-state index is 0.119. The maximum Gasteiger partial charge on any atom is 0.415 e. The number of carbonyl (C=O) groups excluding carboxylic acids is 3. The number of ether oxygens (including phenoxy) is 2. The van der Waals surface area contributed by atoms with Gasteiger partial charge in [0.25, 0.3) is 0 Å². The fourth-order valence-electron chi connectivity index (χ4n) is 4.67. The van der Waals surface area contributed by atoms with Gasteiger partial charge in [-0.1, -0.05) is 30.7 Å². The van der Waals surface area contributed by atoms with Crippen LogP contribution in [0.3, 0.4) is 0 Å². The van der Waals surface area contributed by atoms with Gasteiger partial charge in [-0.2, -0.15) is 0 Å². The van der Waals surface area contributed by atoms with E-state index in [2.05, 4.69) is 0 Å². The molecule has 1 aliphatic carbocycles. The van der Waals surface area contributed by atoms with E-state index in [4.69, 9.17) is 9.47 Å². The van der Waals surface area contributed by atoms with Crippen molar-refractivity contribution in [3.05, 3.63) is 52.2 Å². The zero-order chi connectivity index (χ0) is 23.4. The van der Waals surface area contributed by atoms with Crippen LogP contribution in [-0.2, 0) is 25.5 Å². The Hall–Kier alpha value is -2.87. The first-order valence-electron chi connectivity index (χ1n) is 11.5. The summed E-state index contributed by atoms with van der Waals surface area (Å²) >= 11 is 1.52. The summed E-state index contributed by atoms with van der Waals surface area (Å²) < 4.78 is 10.7. The molecule has 0 spiro atoms. The van der Waals surface area contributed by atoms with E-state index in [1.54, 1.807) is 0 Å². The number of carbonyl (C=O) groups is 3. The van der Waals surface area contributed by atoms with Gasteiger partial charge in [0.1, 0.15) is 18.7 Å². The molecule has 0 bridgehead atoms.